The van der Waals surface area contributed by atoms with E-state index in [1.165, 1.54) is 28.7 Å². The first-order valence-corrected chi connectivity index (χ1v) is 5.67. The van der Waals surface area contributed by atoms with Crippen molar-refractivity contribution in [2.24, 2.45) is 5.16 Å². The van der Waals surface area contributed by atoms with Crippen LogP contribution in [0.1, 0.15) is 30.5 Å². The summed E-state index contributed by atoms with van der Waals surface area (Å²) in [6, 6.07) is 4.31. The van der Waals surface area contributed by atoms with E-state index in [2.05, 4.69) is 38.1 Å². The molecule has 0 aliphatic heterocycles. The average molecular weight is 223 g/mol. The maximum atomic E-state index is 5.19. The smallest absolute Gasteiger partial charge is 0.125 e. The summed E-state index contributed by atoms with van der Waals surface area (Å²) in [5, 5.41) is 3.90. The Morgan fingerprint density at radius 3 is 2.13 bits per heavy atom. The number of hydrogen-bond donors (Lipinski definition) is 0. The SMILES string of the molecule is CC(C)=NOSc1c(C)cc(C)cc1C. The molecule has 1 aromatic carbocycles. The van der Waals surface area contributed by atoms with Crippen LogP contribution in [0.15, 0.2) is 22.2 Å². The van der Waals surface area contributed by atoms with Crippen molar-refractivity contribution in [3.8, 4) is 0 Å². The van der Waals surface area contributed by atoms with Crippen LogP contribution in [0.4, 0.5) is 0 Å². The lowest BCUT2D eigenvalue weighted by molar-refractivity contribution is 0.404. The molecule has 1 rings (SSSR count). The van der Waals surface area contributed by atoms with Gasteiger partial charge in [0.1, 0.15) is 12.0 Å². The third kappa shape index (κ3) is 3.59. The van der Waals surface area contributed by atoms with Crippen molar-refractivity contribution in [2.45, 2.75) is 39.5 Å². The summed E-state index contributed by atoms with van der Waals surface area (Å²) in [5.74, 6) is 0. The van der Waals surface area contributed by atoms with Crippen molar-refractivity contribution in [1.29, 1.82) is 0 Å². The van der Waals surface area contributed by atoms with Gasteiger partial charge in [-0.25, -0.2) is 0 Å². The summed E-state index contributed by atoms with van der Waals surface area (Å²) in [5.41, 5.74) is 4.68. The zero-order valence-electron chi connectivity index (χ0n) is 9.92. The maximum Gasteiger partial charge on any atom is 0.125 e. The van der Waals surface area contributed by atoms with Gasteiger partial charge in [0.25, 0.3) is 0 Å². The van der Waals surface area contributed by atoms with Crippen LogP contribution >= 0.6 is 12.0 Å². The van der Waals surface area contributed by atoms with E-state index in [-0.39, 0.29) is 0 Å². The molecule has 0 aliphatic rings. The highest BCUT2D eigenvalue weighted by Crippen LogP contribution is 2.28. The van der Waals surface area contributed by atoms with Crippen LogP contribution in [-0.4, -0.2) is 5.71 Å². The fourth-order valence-corrected chi connectivity index (χ4v) is 2.07. The molecule has 82 valence electrons. The quantitative estimate of drug-likeness (QED) is 0.438. The Kier molecular flexibility index (Phi) is 4.21. The first-order valence-electron chi connectivity index (χ1n) is 4.93. The van der Waals surface area contributed by atoms with E-state index in [9.17, 15) is 0 Å². The number of aryl methyl sites for hydroxylation is 3. The molecule has 1 aromatic rings. The van der Waals surface area contributed by atoms with Gasteiger partial charge in [-0.3, -0.25) is 0 Å². The number of hydrogen-bond acceptors (Lipinski definition) is 3. The molecule has 0 heterocycles. The van der Waals surface area contributed by atoms with Crippen LogP contribution in [-0.2, 0) is 4.28 Å². The minimum atomic E-state index is 0.921. The van der Waals surface area contributed by atoms with Crippen molar-refractivity contribution in [2.75, 3.05) is 0 Å². The zero-order chi connectivity index (χ0) is 11.4. The van der Waals surface area contributed by atoms with Gasteiger partial charge >= 0.3 is 0 Å². The Balaban J connectivity index is 2.81. The van der Waals surface area contributed by atoms with Crippen LogP contribution in [0.3, 0.4) is 0 Å². The minimum Gasteiger partial charge on any atom is -0.317 e. The molecule has 0 radical (unpaired) electrons. The third-order valence-corrected chi connectivity index (χ3v) is 2.90. The lowest BCUT2D eigenvalue weighted by Crippen LogP contribution is -1.88. The summed E-state index contributed by atoms with van der Waals surface area (Å²) < 4.78 is 5.19. The van der Waals surface area contributed by atoms with Gasteiger partial charge < -0.3 is 4.28 Å². The summed E-state index contributed by atoms with van der Waals surface area (Å²) in [6.07, 6.45) is 0. The van der Waals surface area contributed by atoms with E-state index in [0.717, 1.165) is 10.6 Å². The molecule has 0 fully saturated rings. The van der Waals surface area contributed by atoms with E-state index in [4.69, 9.17) is 4.28 Å². The van der Waals surface area contributed by atoms with Gasteiger partial charge in [-0.15, -0.1) is 0 Å². The molecule has 0 amide bonds. The topological polar surface area (TPSA) is 21.6 Å². The predicted octanol–water partition coefficient (Wildman–Crippen LogP) is 4.03. The standard InChI is InChI=1S/C12H17NOS/c1-8(2)13-14-15-12-10(4)6-9(3)7-11(12)5/h6-7H,1-5H3. The molecule has 0 saturated carbocycles. The molecule has 0 N–H and O–H groups in total. The molecule has 3 heteroatoms. The van der Waals surface area contributed by atoms with Gasteiger partial charge in [-0.1, -0.05) is 22.9 Å². The highest BCUT2D eigenvalue weighted by atomic mass is 32.2. The van der Waals surface area contributed by atoms with Gasteiger partial charge in [0.2, 0.25) is 0 Å². The van der Waals surface area contributed by atoms with Gasteiger partial charge in [0.15, 0.2) is 0 Å². The minimum absolute atomic E-state index is 0.921. The predicted molar refractivity (Wildman–Crippen MR) is 66.4 cm³/mol. The van der Waals surface area contributed by atoms with Crippen molar-refractivity contribution in [3.05, 3.63) is 28.8 Å². The molecule has 0 aliphatic carbocycles. The van der Waals surface area contributed by atoms with Crippen molar-refractivity contribution >= 4 is 17.8 Å². The van der Waals surface area contributed by atoms with Crippen molar-refractivity contribution in [1.82, 2.24) is 0 Å². The van der Waals surface area contributed by atoms with Crippen LogP contribution < -0.4 is 0 Å². The zero-order valence-corrected chi connectivity index (χ0v) is 10.7. The summed E-state index contributed by atoms with van der Waals surface area (Å²) in [6.45, 7) is 10.1. The summed E-state index contributed by atoms with van der Waals surface area (Å²) >= 11 is 1.32. The Hall–Kier alpha value is -0.960. The van der Waals surface area contributed by atoms with E-state index >= 15 is 0 Å². The summed E-state index contributed by atoms with van der Waals surface area (Å²) in [4.78, 5) is 1.16. The molecule has 0 saturated heterocycles. The van der Waals surface area contributed by atoms with Crippen molar-refractivity contribution < 1.29 is 4.28 Å². The van der Waals surface area contributed by atoms with E-state index < -0.39 is 0 Å². The fourth-order valence-electron chi connectivity index (χ4n) is 1.43. The third-order valence-electron chi connectivity index (χ3n) is 1.95. The number of rotatable bonds is 3. The second kappa shape index (κ2) is 5.21. The molecule has 2 nitrogen and oxygen atoms in total. The number of oxime groups is 1. The molecule has 15 heavy (non-hydrogen) atoms. The Morgan fingerprint density at radius 2 is 1.67 bits per heavy atom. The summed E-state index contributed by atoms with van der Waals surface area (Å²) in [7, 11) is 0. The second-order valence-electron chi connectivity index (χ2n) is 3.92. The van der Waals surface area contributed by atoms with Gasteiger partial charge in [0.05, 0.1) is 10.6 Å². The van der Waals surface area contributed by atoms with Gasteiger partial charge in [-0.2, -0.15) is 0 Å². The Labute approximate surface area is 95.9 Å². The van der Waals surface area contributed by atoms with Crippen LogP contribution in [0.25, 0.3) is 0 Å². The highest BCUT2D eigenvalue weighted by Gasteiger charge is 2.05. The van der Waals surface area contributed by atoms with E-state index in [0.29, 0.717) is 0 Å². The highest BCUT2D eigenvalue weighted by molar-refractivity contribution is 7.94. The molecular formula is C12H17NOS. The molecule has 0 bridgehead atoms. The molecular weight excluding hydrogens is 206 g/mol. The molecule has 0 unspecified atom stereocenters. The van der Waals surface area contributed by atoms with Crippen LogP contribution in [0.2, 0.25) is 0 Å². The van der Waals surface area contributed by atoms with E-state index in [1.54, 1.807) is 0 Å². The van der Waals surface area contributed by atoms with Crippen LogP contribution in [0, 0.1) is 20.8 Å². The first kappa shape index (κ1) is 12.1. The van der Waals surface area contributed by atoms with Gasteiger partial charge in [-0.05, 0) is 45.7 Å². The maximum absolute atomic E-state index is 5.19. The number of benzene rings is 1. The largest absolute Gasteiger partial charge is 0.317 e. The first-order chi connectivity index (χ1) is 7.00. The van der Waals surface area contributed by atoms with Gasteiger partial charge in [0, 0.05) is 0 Å². The molecule has 0 aromatic heterocycles. The Morgan fingerprint density at radius 1 is 1.13 bits per heavy atom. The number of nitrogens with zero attached hydrogens (tertiary/aromatic N) is 1. The monoisotopic (exact) mass is 223 g/mol. The van der Waals surface area contributed by atoms with Crippen molar-refractivity contribution in [3.63, 3.8) is 0 Å². The normalized spacial score (nSPS) is 9.93. The molecule has 0 atom stereocenters. The second-order valence-corrected chi connectivity index (χ2v) is 4.65. The van der Waals surface area contributed by atoms with E-state index in [1.807, 2.05) is 13.8 Å². The average Bonchev–Trinajstić information content (AvgIpc) is 2.08. The Bertz CT molecular complexity index is 358. The fraction of sp³-hybridized carbons (Fsp3) is 0.417. The molecule has 0 spiro atoms. The lowest BCUT2D eigenvalue weighted by Gasteiger charge is -2.08. The lowest BCUT2D eigenvalue weighted by atomic mass is 10.1. The van der Waals surface area contributed by atoms with Crippen LogP contribution in [0.5, 0.6) is 0 Å².